The van der Waals surface area contributed by atoms with Crippen LogP contribution in [-0.2, 0) is 19.5 Å². The maximum atomic E-state index is 0. The molecule has 0 nitrogen and oxygen atoms in total. The molecule has 0 amide bonds. The van der Waals surface area contributed by atoms with Crippen LogP contribution in [0.1, 0.15) is 0 Å². The first-order valence-electron chi connectivity index (χ1n) is 0. The Labute approximate surface area is 182 Å². The van der Waals surface area contributed by atoms with Crippen LogP contribution in [-0.4, -0.2) is 90.5 Å². The zero-order chi connectivity index (χ0) is 0. The van der Waals surface area contributed by atoms with Crippen molar-refractivity contribution in [3.63, 3.8) is 0 Å². The molecule has 0 rings (SSSR count). The van der Waals surface area contributed by atoms with E-state index in [9.17, 15) is 0 Å². The van der Waals surface area contributed by atoms with Crippen molar-refractivity contribution in [2.45, 2.75) is 0 Å². The van der Waals surface area contributed by atoms with Gasteiger partial charge in [0, 0.05) is 96.8 Å². The second kappa shape index (κ2) is 39.9. The maximum absolute atomic E-state index is 0. The van der Waals surface area contributed by atoms with Crippen molar-refractivity contribution in [2.24, 2.45) is 0 Å². The minimum atomic E-state index is 0. The summed E-state index contributed by atoms with van der Waals surface area (Å²) < 4.78 is 0. The Kier molecular flexibility index (Phi) is 292. The third-order valence-corrected chi connectivity index (χ3v) is 0. The van der Waals surface area contributed by atoms with Crippen molar-refractivity contribution in [3.05, 3.63) is 0 Å². The van der Waals surface area contributed by atoms with Crippen LogP contribution in [0.2, 0.25) is 0 Å². The van der Waals surface area contributed by atoms with E-state index >= 15 is 0 Å². The topological polar surface area (TPSA) is 0 Å². The van der Waals surface area contributed by atoms with Crippen LogP contribution in [0, 0.1) is 77.3 Å². The van der Waals surface area contributed by atoms with Crippen molar-refractivity contribution in [1.82, 2.24) is 0 Å². The standard InChI is InChI=1S/Al.Bi.Ce.La.Mg.Sn.Zn.10H. The molecule has 0 N–H and O–H groups in total. The molecule has 0 saturated carbocycles. The summed E-state index contributed by atoms with van der Waals surface area (Å²) in [6, 6.07) is 0. The second-order valence-electron chi connectivity index (χ2n) is 0. The van der Waals surface area contributed by atoms with Gasteiger partial charge in [0.25, 0.3) is 0 Å². The normalized spacial score (nSPS) is 0. The third kappa shape index (κ3) is 33.1. The molecule has 0 aliphatic carbocycles. The first kappa shape index (κ1) is 51.2. The maximum Gasteiger partial charge on any atom is 0 e. The summed E-state index contributed by atoms with van der Waals surface area (Å²) in [6.07, 6.45) is 0. The number of rotatable bonds is 0. The molecular weight excluding hydrogens is 723 g/mol. The van der Waals surface area contributed by atoms with Gasteiger partial charge in [0.15, 0.2) is 17.4 Å². The Hall–Kier alpha value is 6.18. The van der Waals surface area contributed by atoms with Gasteiger partial charge in [0.1, 0.15) is 0 Å². The Morgan fingerprint density at radius 1 is 1.00 bits per heavy atom. The molecule has 0 aromatic carbocycles. The van der Waals surface area contributed by atoms with Gasteiger partial charge in [-0.25, -0.2) is 0 Å². The van der Waals surface area contributed by atoms with Crippen molar-refractivity contribution in [1.29, 1.82) is 0 Å². The van der Waals surface area contributed by atoms with Gasteiger partial charge in [-0.15, -0.1) is 0 Å². The summed E-state index contributed by atoms with van der Waals surface area (Å²) in [5.41, 5.74) is 0. The Bertz CT molecular complexity index is 19.7. The Balaban J connectivity index is 0. The molecule has 0 aromatic rings. The van der Waals surface area contributed by atoms with Gasteiger partial charge in [-0.2, -0.15) is 0 Å². The van der Waals surface area contributed by atoms with Crippen LogP contribution in [0.5, 0.6) is 0 Å². The van der Waals surface area contributed by atoms with Gasteiger partial charge >= 0.3 is 73.2 Å². The fourth-order valence-electron chi connectivity index (χ4n) is 0. The largest absolute Gasteiger partial charge is 0 e. The van der Waals surface area contributed by atoms with E-state index in [0.29, 0.717) is 0 Å². The summed E-state index contributed by atoms with van der Waals surface area (Å²) in [5, 5.41) is 0. The van der Waals surface area contributed by atoms with E-state index in [-0.39, 0.29) is 187 Å². The molecule has 33 valence electrons. The molecule has 0 bridgehead atoms. The number of hydrogen-bond acceptors (Lipinski definition) is 0. The summed E-state index contributed by atoms with van der Waals surface area (Å²) in [4.78, 5) is 0. The summed E-state index contributed by atoms with van der Waals surface area (Å²) in [7, 11) is 0. The SMILES string of the molecule is [AlH3].[BiH3].[Ce].[La].[MgH2].[SnH2].[Zn]. The molecule has 0 aromatic heterocycles. The molecule has 0 unspecified atom stereocenters. The molecule has 3 radical (unpaired) electrons. The van der Waals surface area contributed by atoms with Gasteiger partial charge in [-0.05, 0) is 0 Å². The third-order valence-electron chi connectivity index (χ3n) is 0. The van der Waals surface area contributed by atoms with Crippen molar-refractivity contribution >= 4 is 90.5 Å². The second-order valence-corrected chi connectivity index (χ2v) is 0. The average Bonchev–Trinajstić information content (AvgIpc) is 0. The smallest absolute Gasteiger partial charge is 0 e. The fraction of sp³-hybridized carbons (Fsp3) is 0. The van der Waals surface area contributed by atoms with E-state index in [1.807, 2.05) is 0 Å². The fourth-order valence-corrected chi connectivity index (χ4v) is 0. The molecule has 0 atom stereocenters. The van der Waals surface area contributed by atoms with Crippen LogP contribution in [0.4, 0.5) is 0 Å². The average molecular weight is 733 g/mol. The minimum Gasteiger partial charge on any atom is 0 e. The molecule has 0 saturated heterocycles. The van der Waals surface area contributed by atoms with Gasteiger partial charge < -0.3 is 0 Å². The zero-order valence-corrected chi connectivity index (χ0v) is 22.5. The first-order chi connectivity index (χ1) is 0. The molecule has 0 aliphatic heterocycles. The molecular formula is H10AlBiCeLaMgSnZn. The summed E-state index contributed by atoms with van der Waals surface area (Å²) in [6.45, 7) is 0. The molecule has 0 heterocycles. The van der Waals surface area contributed by atoms with Crippen LogP contribution >= 0.6 is 0 Å². The monoisotopic (exact) mass is 733 g/mol. The van der Waals surface area contributed by atoms with Crippen LogP contribution in [0.25, 0.3) is 0 Å². The van der Waals surface area contributed by atoms with E-state index in [1.54, 1.807) is 0 Å². The van der Waals surface area contributed by atoms with Gasteiger partial charge in [-0.3, -0.25) is 0 Å². The first-order valence-corrected chi connectivity index (χ1v) is 0. The molecule has 7 heteroatoms. The van der Waals surface area contributed by atoms with Crippen molar-refractivity contribution < 1.29 is 96.8 Å². The van der Waals surface area contributed by atoms with E-state index in [0.717, 1.165) is 0 Å². The molecule has 0 fully saturated rings. The van der Waals surface area contributed by atoms with Gasteiger partial charge in [-0.1, -0.05) is 0 Å². The Morgan fingerprint density at radius 3 is 1.00 bits per heavy atom. The van der Waals surface area contributed by atoms with Crippen LogP contribution < -0.4 is 0 Å². The van der Waals surface area contributed by atoms with E-state index in [4.69, 9.17) is 0 Å². The molecule has 0 spiro atoms. The van der Waals surface area contributed by atoms with E-state index in [2.05, 4.69) is 0 Å². The van der Waals surface area contributed by atoms with E-state index < -0.39 is 0 Å². The quantitative estimate of drug-likeness (QED) is 0.222. The van der Waals surface area contributed by atoms with Gasteiger partial charge in [0.05, 0.1) is 0 Å². The van der Waals surface area contributed by atoms with Crippen molar-refractivity contribution in [2.75, 3.05) is 0 Å². The summed E-state index contributed by atoms with van der Waals surface area (Å²) >= 11 is 0. The predicted molar refractivity (Wildman–Crippen MR) is 37.0 cm³/mol. The van der Waals surface area contributed by atoms with Crippen molar-refractivity contribution in [3.8, 4) is 0 Å². The predicted octanol–water partition coefficient (Wildman–Crippen LogP) is -4.20. The number of hydrogen-bond donors (Lipinski definition) is 0. The summed E-state index contributed by atoms with van der Waals surface area (Å²) in [5.74, 6) is 0. The minimum absolute atomic E-state index is 0. The van der Waals surface area contributed by atoms with Crippen LogP contribution in [0.3, 0.4) is 0 Å². The molecule has 7 heavy (non-hydrogen) atoms. The van der Waals surface area contributed by atoms with Crippen LogP contribution in [0.15, 0.2) is 0 Å². The Morgan fingerprint density at radius 2 is 1.00 bits per heavy atom. The van der Waals surface area contributed by atoms with Gasteiger partial charge in [0.2, 0.25) is 0 Å². The van der Waals surface area contributed by atoms with E-state index in [1.165, 1.54) is 0 Å². The zero-order valence-electron chi connectivity index (χ0n) is 3.20. The molecule has 0 aliphatic rings.